The topological polar surface area (TPSA) is 118 Å². The Morgan fingerprint density at radius 2 is 1.50 bits per heavy atom. The summed E-state index contributed by atoms with van der Waals surface area (Å²) in [5.41, 5.74) is 7.61. The Labute approximate surface area is 191 Å². The first-order chi connectivity index (χ1) is 15.3. The number of nitrogens with one attached hydrogen (secondary N) is 4. The van der Waals surface area contributed by atoms with Crippen molar-refractivity contribution < 1.29 is 23.9 Å². The van der Waals surface area contributed by atoms with Gasteiger partial charge >= 0.3 is 0 Å². The third-order valence-corrected chi connectivity index (χ3v) is 4.57. The van der Waals surface area contributed by atoms with Crippen LogP contribution in [-0.4, -0.2) is 36.6 Å². The number of benzene rings is 2. The van der Waals surface area contributed by atoms with Gasteiger partial charge in [-0.15, -0.1) is 0 Å². The lowest BCUT2D eigenvalue weighted by Crippen LogP contribution is -2.49. The minimum Gasteiger partial charge on any atom is -0.497 e. The predicted molar refractivity (Wildman–Crippen MR) is 124 cm³/mol. The summed E-state index contributed by atoms with van der Waals surface area (Å²) in [7, 11) is 1.55. The minimum atomic E-state index is -0.500. The van der Waals surface area contributed by atoms with Crippen LogP contribution in [-0.2, 0) is 14.4 Å². The summed E-state index contributed by atoms with van der Waals surface area (Å²) in [5, 5.41) is 5.02. The van der Waals surface area contributed by atoms with Crippen LogP contribution in [0.3, 0.4) is 0 Å². The monoisotopic (exact) mass is 458 g/mol. The first kappa shape index (κ1) is 24.6. The fourth-order valence-electron chi connectivity index (χ4n) is 2.47. The lowest BCUT2D eigenvalue weighted by molar-refractivity contribution is -0.125. The van der Waals surface area contributed by atoms with Gasteiger partial charge in [0.05, 0.1) is 7.11 Å². The molecule has 0 unspecified atom stereocenters. The second-order valence-corrected chi connectivity index (χ2v) is 7.27. The van der Waals surface area contributed by atoms with Crippen molar-refractivity contribution >= 4 is 40.7 Å². The largest absolute Gasteiger partial charge is 0.497 e. The van der Waals surface area contributed by atoms with E-state index < -0.39 is 11.8 Å². The Kier molecular flexibility index (Phi) is 9.43. The molecule has 2 rings (SSSR count). The van der Waals surface area contributed by atoms with Crippen LogP contribution in [0, 0.1) is 13.8 Å². The molecule has 0 aliphatic carbocycles. The van der Waals surface area contributed by atoms with E-state index in [2.05, 4.69) is 21.5 Å². The molecular formula is C22H26N4O5S. The molecule has 170 valence electrons. The van der Waals surface area contributed by atoms with Crippen LogP contribution >= 0.6 is 12.2 Å². The summed E-state index contributed by atoms with van der Waals surface area (Å²) in [5.74, 6) is -0.0699. The molecule has 0 radical (unpaired) electrons. The maximum atomic E-state index is 12.0. The molecule has 32 heavy (non-hydrogen) atoms. The van der Waals surface area contributed by atoms with Crippen LogP contribution < -0.4 is 31.0 Å². The lowest BCUT2D eigenvalue weighted by atomic mass is 10.1. The smallest absolute Gasteiger partial charge is 0.264 e. The zero-order valence-corrected chi connectivity index (χ0v) is 18.9. The standard InChI is InChI=1S/C22H26N4O5S/c1-14-4-5-16(12-15(14)2)23-19(27)10-11-20(28)25-26-22(32)24-21(29)13-31-18-8-6-17(30-3)7-9-18/h4-9,12H,10-11,13H2,1-3H3,(H,23,27)(H,25,28)(H2,24,26,29,32). The maximum Gasteiger partial charge on any atom is 0.264 e. The molecule has 0 aliphatic heterocycles. The average Bonchev–Trinajstić information content (AvgIpc) is 2.77. The highest BCUT2D eigenvalue weighted by atomic mass is 32.1. The van der Waals surface area contributed by atoms with Gasteiger partial charge in [0.2, 0.25) is 11.8 Å². The number of carbonyl (C=O) groups is 3. The van der Waals surface area contributed by atoms with Crippen LogP contribution in [0.4, 0.5) is 5.69 Å². The fraction of sp³-hybridized carbons (Fsp3) is 0.273. The molecule has 0 fully saturated rings. The second-order valence-electron chi connectivity index (χ2n) is 6.86. The quantitative estimate of drug-likeness (QED) is 0.354. The minimum absolute atomic E-state index is 0.00470. The van der Waals surface area contributed by atoms with Crippen molar-refractivity contribution in [2.24, 2.45) is 0 Å². The van der Waals surface area contributed by atoms with Crippen molar-refractivity contribution in [3.05, 3.63) is 53.6 Å². The first-order valence-electron chi connectivity index (χ1n) is 9.79. The molecule has 0 bridgehead atoms. The van der Waals surface area contributed by atoms with Gasteiger partial charge < -0.3 is 14.8 Å². The number of thiocarbonyl (C=S) groups is 1. The number of carbonyl (C=O) groups excluding carboxylic acids is 3. The summed E-state index contributed by atoms with van der Waals surface area (Å²) in [6.07, 6.45) is -0.0594. The van der Waals surface area contributed by atoms with Crippen LogP contribution in [0.2, 0.25) is 0 Å². The molecular weight excluding hydrogens is 432 g/mol. The van der Waals surface area contributed by atoms with Crippen molar-refractivity contribution in [2.45, 2.75) is 26.7 Å². The van der Waals surface area contributed by atoms with Crippen LogP contribution in [0.25, 0.3) is 0 Å². The lowest BCUT2D eigenvalue weighted by Gasteiger charge is -2.12. The summed E-state index contributed by atoms with van der Waals surface area (Å²) in [6, 6.07) is 12.3. The summed E-state index contributed by atoms with van der Waals surface area (Å²) < 4.78 is 10.4. The first-order valence-corrected chi connectivity index (χ1v) is 10.2. The molecule has 2 aromatic rings. The van der Waals surface area contributed by atoms with E-state index in [1.165, 1.54) is 0 Å². The van der Waals surface area contributed by atoms with Crippen molar-refractivity contribution in [1.29, 1.82) is 0 Å². The highest BCUT2D eigenvalue weighted by Crippen LogP contribution is 2.17. The van der Waals surface area contributed by atoms with E-state index in [9.17, 15) is 14.4 Å². The zero-order chi connectivity index (χ0) is 23.5. The number of hydrazine groups is 1. The normalized spacial score (nSPS) is 9.97. The number of aryl methyl sites for hydroxylation is 2. The van der Waals surface area contributed by atoms with Gasteiger partial charge in [0, 0.05) is 18.5 Å². The van der Waals surface area contributed by atoms with E-state index in [0.29, 0.717) is 17.2 Å². The number of hydrogen-bond acceptors (Lipinski definition) is 6. The molecule has 3 amide bonds. The Bertz CT molecular complexity index is 979. The Hall–Kier alpha value is -3.66. The summed E-state index contributed by atoms with van der Waals surface area (Å²) in [6.45, 7) is 3.68. The fourth-order valence-corrected chi connectivity index (χ4v) is 2.64. The highest BCUT2D eigenvalue weighted by Gasteiger charge is 2.10. The molecule has 9 nitrogen and oxygen atoms in total. The number of anilines is 1. The number of rotatable bonds is 8. The van der Waals surface area contributed by atoms with E-state index in [-0.39, 0.29) is 30.5 Å². The third kappa shape index (κ3) is 8.60. The van der Waals surface area contributed by atoms with Gasteiger partial charge in [0.25, 0.3) is 5.91 Å². The molecule has 0 aromatic heterocycles. The summed E-state index contributed by atoms with van der Waals surface area (Å²) >= 11 is 4.95. The van der Waals surface area contributed by atoms with Gasteiger partial charge in [0.15, 0.2) is 11.7 Å². The van der Waals surface area contributed by atoms with E-state index in [4.69, 9.17) is 21.7 Å². The van der Waals surface area contributed by atoms with E-state index in [1.807, 2.05) is 26.0 Å². The third-order valence-electron chi connectivity index (χ3n) is 4.37. The second kappa shape index (κ2) is 12.3. The summed E-state index contributed by atoms with van der Waals surface area (Å²) in [4.78, 5) is 35.8. The van der Waals surface area contributed by atoms with Gasteiger partial charge in [-0.25, -0.2) is 0 Å². The molecule has 0 atom stereocenters. The molecule has 0 saturated heterocycles. The van der Waals surface area contributed by atoms with Crippen molar-refractivity contribution in [2.75, 3.05) is 19.0 Å². The molecule has 0 aliphatic rings. The average molecular weight is 459 g/mol. The van der Waals surface area contributed by atoms with Gasteiger partial charge in [-0.1, -0.05) is 6.07 Å². The Balaban J connectivity index is 1.62. The Morgan fingerprint density at radius 3 is 2.16 bits per heavy atom. The highest BCUT2D eigenvalue weighted by molar-refractivity contribution is 7.80. The van der Waals surface area contributed by atoms with E-state index in [1.54, 1.807) is 37.4 Å². The molecule has 10 heteroatoms. The predicted octanol–water partition coefficient (Wildman–Crippen LogP) is 2.13. The van der Waals surface area contributed by atoms with Crippen LogP contribution in [0.1, 0.15) is 24.0 Å². The van der Waals surface area contributed by atoms with E-state index >= 15 is 0 Å². The molecule has 4 N–H and O–H groups in total. The molecule has 0 saturated carbocycles. The number of methoxy groups -OCH3 is 1. The van der Waals surface area contributed by atoms with Gasteiger partial charge in [-0.2, -0.15) is 0 Å². The maximum absolute atomic E-state index is 12.0. The van der Waals surface area contributed by atoms with Gasteiger partial charge in [-0.05, 0) is 73.6 Å². The Morgan fingerprint density at radius 1 is 0.844 bits per heavy atom. The zero-order valence-electron chi connectivity index (χ0n) is 18.1. The number of hydrogen-bond donors (Lipinski definition) is 4. The number of amides is 3. The number of ether oxygens (including phenoxy) is 2. The SMILES string of the molecule is COc1ccc(OCC(=O)NC(=S)NNC(=O)CCC(=O)Nc2ccc(C)c(C)c2)cc1. The van der Waals surface area contributed by atoms with Crippen molar-refractivity contribution in [1.82, 2.24) is 16.2 Å². The molecule has 2 aromatic carbocycles. The van der Waals surface area contributed by atoms with Crippen molar-refractivity contribution in [3.63, 3.8) is 0 Å². The molecule has 0 heterocycles. The van der Waals surface area contributed by atoms with Gasteiger partial charge in [0.1, 0.15) is 11.5 Å². The molecule has 0 spiro atoms. The van der Waals surface area contributed by atoms with Crippen LogP contribution in [0.15, 0.2) is 42.5 Å². The van der Waals surface area contributed by atoms with Gasteiger partial charge in [-0.3, -0.25) is 30.6 Å². The van der Waals surface area contributed by atoms with Crippen LogP contribution in [0.5, 0.6) is 11.5 Å². The van der Waals surface area contributed by atoms with E-state index in [0.717, 1.165) is 11.1 Å². The van der Waals surface area contributed by atoms with Crippen molar-refractivity contribution in [3.8, 4) is 11.5 Å².